The molecule has 0 bridgehead atoms. The summed E-state index contributed by atoms with van der Waals surface area (Å²) in [7, 11) is 0. The lowest BCUT2D eigenvalue weighted by Crippen LogP contribution is -3.00. The topological polar surface area (TPSA) is 16.4 Å². The van der Waals surface area contributed by atoms with E-state index in [4.69, 9.17) is 4.74 Å². The normalized spacial score (nSPS) is 14.7. The van der Waals surface area contributed by atoms with E-state index in [0.29, 0.717) is 0 Å². The molecule has 0 spiro atoms. The van der Waals surface area contributed by atoms with Crippen molar-refractivity contribution < 1.29 is 21.7 Å². The Bertz CT molecular complexity index is 510. The molecular weight excluding hydrogens is 272 g/mol. The number of aromatic nitrogens is 1. The van der Waals surface area contributed by atoms with E-state index >= 15 is 0 Å². The van der Waals surface area contributed by atoms with Gasteiger partial charge < -0.3 is 22.0 Å². The van der Waals surface area contributed by atoms with Gasteiger partial charge in [0.05, 0.1) is 13.2 Å². The molecule has 1 aliphatic rings. The molecular formula is C16H19ClN2O. The Morgan fingerprint density at radius 3 is 2.25 bits per heavy atom. The zero-order chi connectivity index (χ0) is 12.9. The number of morpholine rings is 1. The van der Waals surface area contributed by atoms with Gasteiger partial charge in [0, 0.05) is 36.5 Å². The number of ether oxygens (including phenoxy) is 1. The fraction of sp³-hybridized carbons (Fsp3) is 0.312. The Morgan fingerprint density at radius 1 is 0.950 bits per heavy atom. The van der Waals surface area contributed by atoms with Crippen LogP contribution in [0.1, 0.15) is 5.56 Å². The SMILES string of the molecule is [Cl-].c1ccc(C[n+]2ccc(N3CCOCC3)cc2)cc1. The smallest absolute Gasteiger partial charge is 0.173 e. The summed E-state index contributed by atoms with van der Waals surface area (Å²) in [6, 6.07) is 14.9. The Kier molecular flexibility index (Phi) is 5.39. The molecule has 0 radical (unpaired) electrons. The van der Waals surface area contributed by atoms with E-state index in [0.717, 1.165) is 32.8 Å². The molecule has 0 amide bonds. The first-order valence-corrected chi connectivity index (χ1v) is 6.77. The zero-order valence-corrected chi connectivity index (χ0v) is 12.2. The van der Waals surface area contributed by atoms with Crippen LogP contribution in [0.2, 0.25) is 0 Å². The van der Waals surface area contributed by atoms with Gasteiger partial charge in [-0.2, -0.15) is 0 Å². The maximum Gasteiger partial charge on any atom is 0.173 e. The van der Waals surface area contributed by atoms with Gasteiger partial charge in [0.15, 0.2) is 18.9 Å². The minimum atomic E-state index is 0. The average Bonchev–Trinajstić information content (AvgIpc) is 2.50. The van der Waals surface area contributed by atoms with Crippen molar-refractivity contribution in [1.82, 2.24) is 0 Å². The van der Waals surface area contributed by atoms with E-state index in [1.54, 1.807) is 0 Å². The first-order chi connectivity index (χ1) is 9.42. The molecule has 2 aromatic rings. The lowest BCUT2D eigenvalue weighted by atomic mass is 10.2. The van der Waals surface area contributed by atoms with Gasteiger partial charge in [0.2, 0.25) is 0 Å². The first-order valence-electron chi connectivity index (χ1n) is 6.77. The predicted octanol–water partition coefficient (Wildman–Crippen LogP) is -1.14. The molecule has 0 atom stereocenters. The second kappa shape index (κ2) is 7.27. The van der Waals surface area contributed by atoms with E-state index in [1.807, 2.05) is 0 Å². The molecule has 1 aliphatic heterocycles. The highest BCUT2D eigenvalue weighted by molar-refractivity contribution is 5.43. The summed E-state index contributed by atoms with van der Waals surface area (Å²) in [5, 5.41) is 0. The van der Waals surface area contributed by atoms with Crippen LogP contribution in [0.3, 0.4) is 0 Å². The van der Waals surface area contributed by atoms with Crippen molar-refractivity contribution in [3.8, 4) is 0 Å². The fourth-order valence-electron chi connectivity index (χ4n) is 2.38. The molecule has 0 aliphatic carbocycles. The number of halogens is 1. The summed E-state index contributed by atoms with van der Waals surface area (Å²) in [5.74, 6) is 0. The molecule has 3 nitrogen and oxygen atoms in total. The number of rotatable bonds is 3. The first kappa shape index (κ1) is 14.8. The van der Waals surface area contributed by atoms with Gasteiger partial charge in [0.25, 0.3) is 0 Å². The van der Waals surface area contributed by atoms with Crippen LogP contribution in [-0.2, 0) is 11.3 Å². The molecule has 1 saturated heterocycles. The average molecular weight is 291 g/mol. The summed E-state index contributed by atoms with van der Waals surface area (Å²) in [4.78, 5) is 2.37. The number of benzene rings is 1. The highest BCUT2D eigenvalue weighted by Crippen LogP contribution is 2.13. The molecule has 20 heavy (non-hydrogen) atoms. The van der Waals surface area contributed by atoms with Crippen LogP contribution in [-0.4, -0.2) is 26.3 Å². The van der Waals surface area contributed by atoms with Crippen molar-refractivity contribution in [2.45, 2.75) is 6.54 Å². The summed E-state index contributed by atoms with van der Waals surface area (Å²) in [6.45, 7) is 4.56. The third kappa shape index (κ3) is 3.71. The van der Waals surface area contributed by atoms with Crippen molar-refractivity contribution >= 4 is 5.69 Å². The monoisotopic (exact) mass is 290 g/mol. The minimum Gasteiger partial charge on any atom is -1.00 e. The maximum absolute atomic E-state index is 5.38. The molecule has 1 aromatic carbocycles. The van der Waals surface area contributed by atoms with Gasteiger partial charge in [-0.05, 0) is 0 Å². The Morgan fingerprint density at radius 2 is 1.60 bits per heavy atom. The summed E-state index contributed by atoms with van der Waals surface area (Å²) >= 11 is 0. The Labute approximate surface area is 126 Å². The quantitative estimate of drug-likeness (QED) is 0.665. The van der Waals surface area contributed by atoms with E-state index < -0.39 is 0 Å². The lowest BCUT2D eigenvalue weighted by molar-refractivity contribution is -0.688. The van der Waals surface area contributed by atoms with Crippen molar-refractivity contribution in [3.05, 3.63) is 60.4 Å². The molecule has 0 saturated carbocycles. The predicted molar refractivity (Wildman–Crippen MR) is 75.2 cm³/mol. The molecule has 2 heterocycles. The third-order valence-corrected chi connectivity index (χ3v) is 3.46. The Hall–Kier alpha value is -1.58. The minimum absolute atomic E-state index is 0. The molecule has 4 heteroatoms. The molecule has 0 N–H and O–H groups in total. The number of hydrogen-bond donors (Lipinski definition) is 0. The van der Waals surface area contributed by atoms with Gasteiger partial charge in [-0.15, -0.1) is 0 Å². The number of anilines is 1. The van der Waals surface area contributed by atoms with Gasteiger partial charge in [0.1, 0.15) is 0 Å². The standard InChI is InChI=1S/C16H19N2O.ClH/c1-2-4-15(5-3-1)14-17-8-6-16(7-9-17)18-10-12-19-13-11-18;/h1-9H,10-14H2;1H/q+1;/p-1. The zero-order valence-electron chi connectivity index (χ0n) is 11.4. The second-order valence-electron chi connectivity index (χ2n) is 4.81. The largest absolute Gasteiger partial charge is 1.00 e. The highest BCUT2D eigenvalue weighted by atomic mass is 35.5. The lowest BCUT2D eigenvalue weighted by Gasteiger charge is -2.28. The van der Waals surface area contributed by atoms with E-state index in [2.05, 4.69) is 64.3 Å². The fourth-order valence-corrected chi connectivity index (χ4v) is 2.38. The Balaban J connectivity index is 0.00000147. The number of hydrogen-bond acceptors (Lipinski definition) is 2. The van der Waals surface area contributed by atoms with Gasteiger partial charge in [-0.3, -0.25) is 0 Å². The summed E-state index contributed by atoms with van der Waals surface area (Å²) < 4.78 is 7.58. The van der Waals surface area contributed by atoms with Gasteiger partial charge in [-0.25, -0.2) is 4.57 Å². The molecule has 0 unspecified atom stereocenters. The van der Waals surface area contributed by atoms with Crippen molar-refractivity contribution in [2.24, 2.45) is 0 Å². The van der Waals surface area contributed by atoms with Crippen LogP contribution < -0.4 is 21.9 Å². The molecule has 1 fully saturated rings. The molecule has 1 aromatic heterocycles. The third-order valence-electron chi connectivity index (χ3n) is 3.46. The van der Waals surface area contributed by atoms with Crippen molar-refractivity contribution in [3.63, 3.8) is 0 Å². The van der Waals surface area contributed by atoms with Crippen molar-refractivity contribution in [2.75, 3.05) is 31.2 Å². The number of pyridine rings is 1. The van der Waals surface area contributed by atoms with Crippen LogP contribution in [0.4, 0.5) is 5.69 Å². The van der Waals surface area contributed by atoms with E-state index in [9.17, 15) is 0 Å². The van der Waals surface area contributed by atoms with Crippen LogP contribution >= 0.6 is 0 Å². The maximum atomic E-state index is 5.38. The summed E-state index contributed by atoms with van der Waals surface area (Å²) in [5.41, 5.74) is 2.61. The van der Waals surface area contributed by atoms with Crippen molar-refractivity contribution in [1.29, 1.82) is 0 Å². The van der Waals surface area contributed by atoms with Crippen LogP contribution in [0.25, 0.3) is 0 Å². The van der Waals surface area contributed by atoms with Crippen LogP contribution in [0.15, 0.2) is 54.9 Å². The van der Waals surface area contributed by atoms with E-state index in [1.165, 1.54) is 11.3 Å². The van der Waals surface area contributed by atoms with Crippen LogP contribution in [0.5, 0.6) is 0 Å². The van der Waals surface area contributed by atoms with Crippen LogP contribution in [0, 0.1) is 0 Å². The number of nitrogens with zero attached hydrogens (tertiary/aromatic N) is 2. The molecule has 106 valence electrons. The highest BCUT2D eigenvalue weighted by Gasteiger charge is 2.12. The van der Waals surface area contributed by atoms with Gasteiger partial charge in [-0.1, -0.05) is 30.3 Å². The summed E-state index contributed by atoms with van der Waals surface area (Å²) in [6.07, 6.45) is 4.30. The second-order valence-corrected chi connectivity index (χ2v) is 4.81. The van der Waals surface area contributed by atoms with E-state index in [-0.39, 0.29) is 12.4 Å². The van der Waals surface area contributed by atoms with Gasteiger partial charge >= 0.3 is 0 Å². The molecule has 3 rings (SSSR count).